The molecule has 0 saturated heterocycles. The molecular formula is C19H15N3O. The van der Waals surface area contributed by atoms with Gasteiger partial charge in [0.2, 0.25) is 5.90 Å². The zero-order valence-corrected chi connectivity index (χ0v) is 12.4. The van der Waals surface area contributed by atoms with Crippen molar-refractivity contribution in [2.45, 2.75) is 12.1 Å². The Morgan fingerprint density at radius 3 is 2.13 bits per heavy atom. The van der Waals surface area contributed by atoms with Crippen LogP contribution < -0.4 is 0 Å². The molecule has 3 aromatic rings. The summed E-state index contributed by atoms with van der Waals surface area (Å²) in [6.45, 7) is 0. The van der Waals surface area contributed by atoms with Gasteiger partial charge in [0, 0.05) is 12.4 Å². The van der Waals surface area contributed by atoms with Gasteiger partial charge in [0.15, 0.2) is 6.10 Å². The number of ether oxygens (including phenoxy) is 1. The van der Waals surface area contributed by atoms with E-state index >= 15 is 0 Å². The zero-order valence-electron chi connectivity index (χ0n) is 12.4. The normalized spacial score (nSPS) is 19.9. The quantitative estimate of drug-likeness (QED) is 0.740. The molecule has 1 aliphatic rings. The van der Waals surface area contributed by atoms with Gasteiger partial charge in [0.1, 0.15) is 11.7 Å². The van der Waals surface area contributed by atoms with Crippen molar-refractivity contribution in [2.75, 3.05) is 0 Å². The fourth-order valence-electron chi connectivity index (χ4n) is 2.74. The minimum Gasteiger partial charge on any atom is -0.465 e. The number of aromatic nitrogens is 2. The molecule has 4 rings (SSSR count). The fraction of sp³-hybridized carbons (Fsp3) is 0.105. The largest absolute Gasteiger partial charge is 0.465 e. The monoisotopic (exact) mass is 301 g/mol. The van der Waals surface area contributed by atoms with Crippen LogP contribution in [0.4, 0.5) is 0 Å². The third kappa shape index (κ3) is 2.71. The molecule has 1 aromatic heterocycles. The van der Waals surface area contributed by atoms with E-state index in [1.165, 1.54) is 0 Å². The Balaban J connectivity index is 1.75. The first-order valence-electron chi connectivity index (χ1n) is 7.52. The second kappa shape index (κ2) is 6.01. The van der Waals surface area contributed by atoms with Crippen molar-refractivity contribution in [2.24, 2.45) is 4.99 Å². The second-order valence-electron chi connectivity index (χ2n) is 5.33. The molecule has 2 unspecified atom stereocenters. The molecule has 23 heavy (non-hydrogen) atoms. The molecule has 0 fully saturated rings. The summed E-state index contributed by atoms with van der Waals surface area (Å²) in [7, 11) is 0. The van der Waals surface area contributed by atoms with Crippen LogP contribution in [0.3, 0.4) is 0 Å². The fourth-order valence-corrected chi connectivity index (χ4v) is 2.74. The highest BCUT2D eigenvalue weighted by Crippen LogP contribution is 2.40. The Kier molecular flexibility index (Phi) is 3.56. The van der Waals surface area contributed by atoms with Crippen LogP contribution in [0.25, 0.3) is 0 Å². The molecule has 0 amide bonds. The molecule has 2 atom stereocenters. The van der Waals surface area contributed by atoms with Crippen LogP contribution in [0.1, 0.15) is 29.0 Å². The first-order valence-corrected chi connectivity index (χ1v) is 7.52. The summed E-state index contributed by atoms with van der Waals surface area (Å²) in [4.78, 5) is 13.2. The number of hydrogen-bond donors (Lipinski definition) is 0. The van der Waals surface area contributed by atoms with Gasteiger partial charge < -0.3 is 4.74 Å². The molecule has 0 saturated carbocycles. The lowest BCUT2D eigenvalue weighted by Gasteiger charge is -2.18. The van der Waals surface area contributed by atoms with E-state index < -0.39 is 0 Å². The lowest BCUT2D eigenvalue weighted by molar-refractivity contribution is 0.196. The molecule has 0 bridgehead atoms. The Morgan fingerprint density at radius 1 is 0.783 bits per heavy atom. The maximum absolute atomic E-state index is 6.15. The standard InChI is InChI=1S/C19H15N3O/c1-3-7-14(8-4-1)17-18(15-9-5-2-6-10-15)23-19(22-17)16-13-20-11-12-21-16/h1-13,17-18H. The van der Waals surface area contributed by atoms with E-state index in [0.717, 1.165) is 11.1 Å². The maximum atomic E-state index is 6.15. The smallest absolute Gasteiger partial charge is 0.238 e. The van der Waals surface area contributed by atoms with Crippen LogP contribution in [0.15, 0.2) is 84.2 Å². The maximum Gasteiger partial charge on any atom is 0.238 e. The van der Waals surface area contributed by atoms with Crippen LogP contribution in [-0.4, -0.2) is 15.9 Å². The van der Waals surface area contributed by atoms with Crippen LogP contribution in [-0.2, 0) is 4.74 Å². The van der Waals surface area contributed by atoms with Crippen LogP contribution >= 0.6 is 0 Å². The summed E-state index contributed by atoms with van der Waals surface area (Å²) in [5.41, 5.74) is 2.89. The molecule has 4 heteroatoms. The molecular weight excluding hydrogens is 286 g/mol. The Hall–Kier alpha value is -3.01. The molecule has 4 nitrogen and oxygen atoms in total. The predicted octanol–water partition coefficient (Wildman–Crippen LogP) is 3.74. The molecule has 2 heterocycles. The van der Waals surface area contributed by atoms with Crippen LogP contribution in [0.5, 0.6) is 0 Å². The molecule has 0 N–H and O–H groups in total. The van der Waals surface area contributed by atoms with Crippen LogP contribution in [0.2, 0.25) is 0 Å². The number of nitrogens with zero attached hydrogens (tertiary/aromatic N) is 3. The summed E-state index contributed by atoms with van der Waals surface area (Å²) >= 11 is 0. The highest BCUT2D eigenvalue weighted by atomic mass is 16.5. The second-order valence-corrected chi connectivity index (χ2v) is 5.33. The molecule has 112 valence electrons. The van der Waals surface area contributed by atoms with Crippen molar-refractivity contribution in [1.29, 1.82) is 0 Å². The molecule has 0 radical (unpaired) electrons. The van der Waals surface area contributed by atoms with Crippen molar-refractivity contribution in [3.8, 4) is 0 Å². The van der Waals surface area contributed by atoms with Crippen molar-refractivity contribution in [1.82, 2.24) is 9.97 Å². The van der Waals surface area contributed by atoms with Gasteiger partial charge in [-0.2, -0.15) is 0 Å². The van der Waals surface area contributed by atoms with E-state index in [4.69, 9.17) is 9.73 Å². The Labute approximate surface area is 134 Å². The molecule has 1 aliphatic heterocycles. The minimum atomic E-state index is -0.157. The number of rotatable bonds is 3. The topological polar surface area (TPSA) is 47.4 Å². The number of hydrogen-bond acceptors (Lipinski definition) is 4. The van der Waals surface area contributed by atoms with Crippen molar-refractivity contribution >= 4 is 5.90 Å². The summed E-state index contributed by atoms with van der Waals surface area (Å²) in [5, 5.41) is 0. The molecule has 0 spiro atoms. The third-order valence-corrected chi connectivity index (χ3v) is 3.83. The van der Waals surface area contributed by atoms with E-state index in [1.807, 2.05) is 36.4 Å². The van der Waals surface area contributed by atoms with Gasteiger partial charge in [-0.1, -0.05) is 60.7 Å². The first kappa shape index (κ1) is 13.6. The van der Waals surface area contributed by atoms with Crippen molar-refractivity contribution in [3.63, 3.8) is 0 Å². The van der Waals surface area contributed by atoms with Gasteiger partial charge in [0.25, 0.3) is 0 Å². The first-order chi connectivity index (χ1) is 11.4. The lowest BCUT2D eigenvalue weighted by atomic mass is 9.97. The van der Waals surface area contributed by atoms with E-state index in [2.05, 4.69) is 34.2 Å². The van der Waals surface area contributed by atoms with Gasteiger partial charge in [-0.15, -0.1) is 0 Å². The van der Waals surface area contributed by atoms with E-state index in [9.17, 15) is 0 Å². The van der Waals surface area contributed by atoms with E-state index in [1.54, 1.807) is 18.6 Å². The predicted molar refractivity (Wildman–Crippen MR) is 88.0 cm³/mol. The van der Waals surface area contributed by atoms with E-state index in [-0.39, 0.29) is 12.1 Å². The summed E-state index contributed by atoms with van der Waals surface area (Å²) in [6.07, 6.45) is 4.81. The minimum absolute atomic E-state index is 0.0874. The van der Waals surface area contributed by atoms with Gasteiger partial charge in [-0.05, 0) is 11.1 Å². The number of aliphatic imine (C=N–C) groups is 1. The molecule has 0 aliphatic carbocycles. The average molecular weight is 301 g/mol. The highest BCUT2D eigenvalue weighted by molar-refractivity contribution is 5.93. The summed E-state index contributed by atoms with van der Waals surface area (Å²) < 4.78 is 6.15. The van der Waals surface area contributed by atoms with Crippen LogP contribution in [0, 0.1) is 0 Å². The van der Waals surface area contributed by atoms with Gasteiger partial charge in [0.05, 0.1) is 6.20 Å². The third-order valence-electron chi connectivity index (χ3n) is 3.83. The zero-order chi connectivity index (χ0) is 15.5. The van der Waals surface area contributed by atoms with Gasteiger partial charge >= 0.3 is 0 Å². The Bertz CT molecular complexity index is 804. The average Bonchev–Trinajstić information content (AvgIpc) is 3.09. The highest BCUT2D eigenvalue weighted by Gasteiger charge is 2.34. The van der Waals surface area contributed by atoms with E-state index in [0.29, 0.717) is 11.6 Å². The van der Waals surface area contributed by atoms with Gasteiger partial charge in [-0.25, -0.2) is 9.98 Å². The summed E-state index contributed by atoms with van der Waals surface area (Å²) in [5.74, 6) is 0.542. The molecule has 2 aromatic carbocycles. The van der Waals surface area contributed by atoms with Gasteiger partial charge in [-0.3, -0.25) is 4.98 Å². The Morgan fingerprint density at radius 2 is 1.48 bits per heavy atom. The van der Waals surface area contributed by atoms with Crippen molar-refractivity contribution in [3.05, 3.63) is 96.1 Å². The summed E-state index contributed by atoms with van der Waals surface area (Å²) in [6, 6.07) is 20.3. The van der Waals surface area contributed by atoms with Crippen molar-refractivity contribution < 1.29 is 4.74 Å². The lowest BCUT2D eigenvalue weighted by Crippen LogP contribution is -2.10. The number of benzene rings is 2. The SMILES string of the molecule is c1ccc(C2N=C(c3cnccn3)OC2c2ccccc2)cc1.